The average Bonchev–Trinajstić information content (AvgIpc) is 3.21. The van der Waals surface area contributed by atoms with Gasteiger partial charge in [0.15, 0.2) is 5.78 Å². The maximum atomic E-state index is 13.3. The average molecular weight is 372 g/mol. The van der Waals surface area contributed by atoms with Gasteiger partial charge in [-0.1, -0.05) is 48.5 Å². The summed E-state index contributed by atoms with van der Waals surface area (Å²) in [5.41, 5.74) is 3.79. The van der Waals surface area contributed by atoms with Gasteiger partial charge in [0.2, 0.25) is 5.95 Å². The Hall–Kier alpha value is -3.41. The molecule has 2 atom stereocenters. The van der Waals surface area contributed by atoms with Crippen LogP contribution in [0.15, 0.2) is 72.2 Å². The van der Waals surface area contributed by atoms with Crippen molar-refractivity contribution in [2.75, 3.05) is 12.4 Å². The molecule has 0 unspecified atom stereocenters. The molecule has 28 heavy (non-hydrogen) atoms. The van der Waals surface area contributed by atoms with Crippen molar-refractivity contribution in [3.8, 4) is 5.75 Å². The number of allylic oxidation sites excluding steroid dienone is 2. The van der Waals surface area contributed by atoms with E-state index in [0.717, 1.165) is 29.0 Å². The maximum Gasteiger partial charge on any atom is 0.226 e. The van der Waals surface area contributed by atoms with E-state index in [1.807, 2.05) is 42.5 Å². The fraction of sp³-hybridized carbons (Fsp3) is 0.227. The molecule has 6 nitrogen and oxygen atoms in total. The van der Waals surface area contributed by atoms with Crippen molar-refractivity contribution in [3.05, 3.63) is 83.3 Å². The van der Waals surface area contributed by atoms with Crippen molar-refractivity contribution < 1.29 is 9.53 Å². The minimum Gasteiger partial charge on any atom is -0.496 e. The molecule has 0 fully saturated rings. The highest BCUT2D eigenvalue weighted by molar-refractivity contribution is 6.00. The largest absolute Gasteiger partial charge is 0.496 e. The van der Waals surface area contributed by atoms with E-state index in [1.54, 1.807) is 11.8 Å². The van der Waals surface area contributed by atoms with Gasteiger partial charge in [-0.05, 0) is 24.0 Å². The third-order valence-electron chi connectivity index (χ3n) is 5.57. The number of nitrogens with one attached hydrogen (secondary N) is 1. The number of fused-ring (bicyclic) bond motifs is 1. The molecular formula is C22H20N4O2. The van der Waals surface area contributed by atoms with Gasteiger partial charge in [0.05, 0.1) is 7.11 Å². The highest BCUT2D eigenvalue weighted by Gasteiger charge is 2.40. The molecule has 1 aromatic heterocycles. The molecule has 0 radical (unpaired) electrons. The first kappa shape index (κ1) is 16.7. The molecule has 0 bridgehead atoms. The van der Waals surface area contributed by atoms with Crippen LogP contribution in [0.2, 0.25) is 0 Å². The summed E-state index contributed by atoms with van der Waals surface area (Å²) in [5.74, 6) is 1.68. The molecule has 1 aliphatic heterocycles. The van der Waals surface area contributed by atoms with E-state index in [1.165, 1.54) is 11.9 Å². The second-order valence-electron chi connectivity index (χ2n) is 7.13. The van der Waals surface area contributed by atoms with Gasteiger partial charge in [0.25, 0.3) is 0 Å². The number of hydrogen-bond donors (Lipinski definition) is 1. The van der Waals surface area contributed by atoms with E-state index in [9.17, 15) is 4.79 Å². The number of rotatable bonds is 3. The molecule has 0 saturated carbocycles. The number of nitrogens with zero attached hydrogens (tertiary/aromatic N) is 3. The van der Waals surface area contributed by atoms with Crippen LogP contribution in [0.5, 0.6) is 5.75 Å². The second kappa shape index (κ2) is 6.64. The number of ether oxygens (including phenoxy) is 1. The van der Waals surface area contributed by atoms with Crippen LogP contribution in [0.25, 0.3) is 0 Å². The highest BCUT2D eigenvalue weighted by Crippen LogP contribution is 2.45. The summed E-state index contributed by atoms with van der Waals surface area (Å²) in [6.45, 7) is 0. The van der Waals surface area contributed by atoms with E-state index < -0.39 is 0 Å². The number of carbonyl (C=O) groups excluding carboxylic acids is 1. The molecule has 0 saturated heterocycles. The number of Topliss-reactive ketones (excluding diaryl/α,β-unsaturated/α-hetero) is 1. The summed E-state index contributed by atoms with van der Waals surface area (Å²) < 4.78 is 7.35. The highest BCUT2D eigenvalue weighted by atomic mass is 16.5. The normalized spacial score (nSPS) is 21.0. The summed E-state index contributed by atoms with van der Waals surface area (Å²) in [6.07, 6.45) is 2.77. The van der Waals surface area contributed by atoms with Crippen LogP contribution in [-0.4, -0.2) is 27.7 Å². The third-order valence-corrected chi connectivity index (χ3v) is 5.57. The molecule has 5 rings (SSSR count). The molecule has 2 aromatic carbocycles. The first-order valence-corrected chi connectivity index (χ1v) is 9.37. The van der Waals surface area contributed by atoms with Crippen molar-refractivity contribution in [2.24, 2.45) is 0 Å². The summed E-state index contributed by atoms with van der Waals surface area (Å²) in [6, 6.07) is 17.7. The van der Waals surface area contributed by atoms with Crippen LogP contribution >= 0.6 is 0 Å². The lowest BCUT2D eigenvalue weighted by Gasteiger charge is -2.35. The van der Waals surface area contributed by atoms with Gasteiger partial charge in [-0.25, -0.2) is 4.68 Å². The van der Waals surface area contributed by atoms with Gasteiger partial charge >= 0.3 is 0 Å². The minimum atomic E-state index is -0.339. The molecule has 0 spiro atoms. The first-order chi connectivity index (χ1) is 13.8. The SMILES string of the molecule is COc1ccccc1[C@@H]1C2=C(C[C@@H](c3ccccc3)CC2=O)Nc2ncnn21. The van der Waals surface area contributed by atoms with Gasteiger partial charge in [0.1, 0.15) is 18.1 Å². The number of anilines is 1. The Morgan fingerprint density at radius 3 is 2.68 bits per heavy atom. The Labute approximate surface area is 162 Å². The van der Waals surface area contributed by atoms with Crippen molar-refractivity contribution >= 4 is 11.7 Å². The third kappa shape index (κ3) is 2.60. The number of benzene rings is 2. The quantitative estimate of drug-likeness (QED) is 0.759. The van der Waals surface area contributed by atoms with Crippen LogP contribution in [-0.2, 0) is 4.79 Å². The summed E-state index contributed by atoms with van der Waals surface area (Å²) in [4.78, 5) is 17.7. The second-order valence-corrected chi connectivity index (χ2v) is 7.13. The predicted octanol–water partition coefficient (Wildman–Crippen LogP) is 3.70. The van der Waals surface area contributed by atoms with Crippen molar-refractivity contribution in [2.45, 2.75) is 24.8 Å². The van der Waals surface area contributed by atoms with Crippen LogP contribution in [0.1, 0.15) is 35.9 Å². The lowest BCUT2D eigenvalue weighted by molar-refractivity contribution is -0.116. The zero-order valence-corrected chi connectivity index (χ0v) is 15.5. The number of ketones is 1. The molecular weight excluding hydrogens is 352 g/mol. The number of aromatic nitrogens is 3. The zero-order chi connectivity index (χ0) is 19.1. The number of hydrogen-bond acceptors (Lipinski definition) is 5. The number of methoxy groups -OCH3 is 1. The van der Waals surface area contributed by atoms with Crippen LogP contribution < -0.4 is 10.1 Å². The van der Waals surface area contributed by atoms with E-state index in [4.69, 9.17) is 4.74 Å². The molecule has 2 heterocycles. The van der Waals surface area contributed by atoms with E-state index >= 15 is 0 Å². The molecule has 1 N–H and O–H groups in total. The maximum absolute atomic E-state index is 13.3. The molecule has 0 amide bonds. The van der Waals surface area contributed by atoms with Crippen LogP contribution in [0.3, 0.4) is 0 Å². The first-order valence-electron chi connectivity index (χ1n) is 9.37. The standard InChI is InChI=1S/C22H20N4O2/c1-28-19-10-6-5-9-16(19)21-20-17(25-22-23-13-24-26(21)22)11-15(12-18(20)27)14-7-3-2-4-8-14/h2-10,13,15,21H,11-12H2,1H3,(H,23,24,25)/t15-,21-/m1/s1. The minimum absolute atomic E-state index is 0.139. The van der Waals surface area contributed by atoms with E-state index in [0.29, 0.717) is 12.4 Å². The molecule has 140 valence electrons. The molecule has 1 aliphatic carbocycles. The zero-order valence-electron chi connectivity index (χ0n) is 15.5. The fourth-order valence-electron chi connectivity index (χ4n) is 4.29. The van der Waals surface area contributed by atoms with Gasteiger partial charge in [-0.3, -0.25) is 4.79 Å². The monoisotopic (exact) mass is 372 g/mol. The summed E-state index contributed by atoms with van der Waals surface area (Å²) in [7, 11) is 1.64. The Bertz CT molecular complexity index is 1070. The Kier molecular flexibility index (Phi) is 3.97. The van der Waals surface area contributed by atoms with Crippen molar-refractivity contribution in [3.63, 3.8) is 0 Å². The van der Waals surface area contributed by atoms with Gasteiger partial charge in [0, 0.05) is 23.3 Å². The van der Waals surface area contributed by atoms with Gasteiger partial charge in [-0.2, -0.15) is 10.1 Å². The molecule has 2 aliphatic rings. The smallest absolute Gasteiger partial charge is 0.226 e. The Balaban J connectivity index is 1.63. The Morgan fingerprint density at radius 2 is 1.86 bits per heavy atom. The molecule has 3 aromatic rings. The summed E-state index contributed by atoms with van der Waals surface area (Å²) in [5, 5.41) is 7.75. The van der Waals surface area contributed by atoms with Crippen molar-refractivity contribution in [1.29, 1.82) is 0 Å². The lowest BCUT2D eigenvalue weighted by atomic mass is 9.78. The predicted molar refractivity (Wildman–Crippen MR) is 105 cm³/mol. The van der Waals surface area contributed by atoms with E-state index in [-0.39, 0.29) is 17.7 Å². The van der Waals surface area contributed by atoms with E-state index in [2.05, 4.69) is 27.5 Å². The Morgan fingerprint density at radius 1 is 1.07 bits per heavy atom. The van der Waals surface area contributed by atoms with Gasteiger partial charge in [-0.15, -0.1) is 0 Å². The lowest BCUT2D eigenvalue weighted by Crippen LogP contribution is -2.33. The number of para-hydroxylation sites is 1. The number of carbonyl (C=O) groups is 1. The van der Waals surface area contributed by atoms with Crippen molar-refractivity contribution in [1.82, 2.24) is 14.8 Å². The fourth-order valence-corrected chi connectivity index (χ4v) is 4.29. The van der Waals surface area contributed by atoms with Crippen LogP contribution in [0.4, 0.5) is 5.95 Å². The van der Waals surface area contributed by atoms with Gasteiger partial charge < -0.3 is 10.1 Å². The topological polar surface area (TPSA) is 69.0 Å². The van der Waals surface area contributed by atoms with Crippen LogP contribution in [0, 0.1) is 0 Å². The summed E-state index contributed by atoms with van der Waals surface area (Å²) >= 11 is 0. The molecule has 6 heteroatoms.